The molecule has 0 spiro atoms. The molecular weight excluding hydrogens is 298 g/mol. The average Bonchev–Trinajstić information content (AvgIpc) is 2.36. The van der Waals surface area contributed by atoms with Crippen LogP contribution in [0.1, 0.15) is 27.7 Å². The van der Waals surface area contributed by atoms with Crippen molar-refractivity contribution in [2.24, 2.45) is 0 Å². The van der Waals surface area contributed by atoms with Crippen molar-refractivity contribution in [2.75, 3.05) is 12.4 Å². The van der Waals surface area contributed by atoms with E-state index >= 15 is 0 Å². The number of rotatable bonds is 5. The van der Waals surface area contributed by atoms with Gasteiger partial charge in [0.05, 0.1) is 30.1 Å². The highest BCUT2D eigenvalue weighted by Gasteiger charge is 2.35. The van der Waals surface area contributed by atoms with Gasteiger partial charge in [0.1, 0.15) is 11.6 Å². The number of aliphatic hydroxyl groups is 1. The normalized spacial score (nSPS) is 12.1. The highest BCUT2D eigenvalue weighted by atomic mass is 35.5. The molecule has 0 saturated carbocycles. The number of anilines is 1. The number of carbonyl (C=O) groups excluding carboxylic acids is 1. The number of halogens is 1. The lowest BCUT2D eigenvalue weighted by Crippen LogP contribution is -2.51. The van der Waals surface area contributed by atoms with E-state index in [1.54, 1.807) is 27.7 Å². The number of methoxy groups -OCH3 is 1. The molecule has 0 aromatic carbocycles. The maximum Gasteiger partial charge on any atom is 0.327 e. The van der Waals surface area contributed by atoms with Crippen molar-refractivity contribution in [1.29, 1.82) is 0 Å². The number of carbonyl (C=O) groups is 1. The van der Waals surface area contributed by atoms with Crippen LogP contribution in [0.3, 0.4) is 0 Å². The van der Waals surface area contributed by atoms with Crippen LogP contribution in [0.2, 0.25) is 5.02 Å². The van der Waals surface area contributed by atoms with Gasteiger partial charge in [0, 0.05) is 0 Å². The minimum Gasteiger partial charge on any atom is -0.468 e. The third kappa shape index (κ3) is 3.95. The standard InChI is InChI=1S/C13H20ClN3O4/c1-12(2,13(3,4)20)16-8-6-15-17(7-9(18)21-5)11(19)10(8)14/h6,16,20H,7H2,1-5H3. The first-order chi connectivity index (χ1) is 9.49. The summed E-state index contributed by atoms with van der Waals surface area (Å²) in [5.74, 6) is -0.599. The summed E-state index contributed by atoms with van der Waals surface area (Å²) in [6.07, 6.45) is 1.33. The Hall–Kier alpha value is -1.60. The smallest absolute Gasteiger partial charge is 0.327 e. The lowest BCUT2D eigenvalue weighted by atomic mass is 9.86. The number of hydrogen-bond donors (Lipinski definition) is 2. The van der Waals surface area contributed by atoms with Crippen molar-refractivity contribution in [3.8, 4) is 0 Å². The van der Waals surface area contributed by atoms with Crippen molar-refractivity contribution in [3.63, 3.8) is 0 Å². The summed E-state index contributed by atoms with van der Waals surface area (Å²) in [5, 5.41) is 16.9. The summed E-state index contributed by atoms with van der Waals surface area (Å²) in [6.45, 7) is 6.50. The highest BCUT2D eigenvalue weighted by molar-refractivity contribution is 6.33. The van der Waals surface area contributed by atoms with E-state index in [4.69, 9.17) is 11.6 Å². The lowest BCUT2D eigenvalue weighted by Gasteiger charge is -2.38. The molecule has 1 rings (SSSR count). The van der Waals surface area contributed by atoms with Crippen LogP contribution < -0.4 is 10.9 Å². The molecule has 1 aromatic heterocycles. The van der Waals surface area contributed by atoms with E-state index in [-0.39, 0.29) is 17.3 Å². The molecular formula is C13H20ClN3O4. The molecule has 0 aliphatic rings. The third-order valence-electron chi connectivity index (χ3n) is 3.47. The van der Waals surface area contributed by atoms with Crippen LogP contribution >= 0.6 is 11.6 Å². The Kier molecular flexibility index (Phi) is 5.01. The first-order valence-corrected chi connectivity index (χ1v) is 6.70. The molecule has 1 heterocycles. The van der Waals surface area contributed by atoms with E-state index in [0.29, 0.717) is 0 Å². The maximum absolute atomic E-state index is 12.0. The zero-order valence-corrected chi connectivity index (χ0v) is 13.5. The van der Waals surface area contributed by atoms with E-state index in [0.717, 1.165) is 4.68 Å². The number of esters is 1. The Labute approximate surface area is 127 Å². The minimum absolute atomic E-state index is 0.105. The largest absolute Gasteiger partial charge is 0.468 e. The van der Waals surface area contributed by atoms with Crippen molar-refractivity contribution in [1.82, 2.24) is 9.78 Å². The monoisotopic (exact) mass is 317 g/mol. The van der Waals surface area contributed by atoms with Crippen LogP contribution in [0.5, 0.6) is 0 Å². The molecule has 1 aromatic rings. The van der Waals surface area contributed by atoms with E-state index in [9.17, 15) is 14.7 Å². The summed E-state index contributed by atoms with van der Waals surface area (Å²) in [5.41, 5.74) is -2.13. The molecule has 0 amide bonds. The molecule has 118 valence electrons. The summed E-state index contributed by atoms with van der Waals surface area (Å²) in [4.78, 5) is 23.2. The fourth-order valence-electron chi connectivity index (χ4n) is 1.34. The molecule has 2 N–H and O–H groups in total. The van der Waals surface area contributed by atoms with Crippen molar-refractivity contribution in [3.05, 3.63) is 21.6 Å². The van der Waals surface area contributed by atoms with Crippen LogP contribution in [0.4, 0.5) is 5.69 Å². The van der Waals surface area contributed by atoms with Gasteiger partial charge in [-0.15, -0.1) is 0 Å². The predicted octanol–water partition coefficient (Wildman–Crippen LogP) is 1.03. The predicted molar refractivity (Wildman–Crippen MR) is 79.5 cm³/mol. The number of nitrogens with one attached hydrogen (secondary N) is 1. The number of hydrogen-bond acceptors (Lipinski definition) is 6. The molecule has 0 saturated heterocycles. The van der Waals surface area contributed by atoms with Gasteiger partial charge in [0.15, 0.2) is 0 Å². The fraction of sp³-hybridized carbons (Fsp3) is 0.615. The number of aromatic nitrogens is 2. The second kappa shape index (κ2) is 6.03. The number of nitrogens with zero attached hydrogens (tertiary/aromatic N) is 2. The zero-order chi connectivity index (χ0) is 16.4. The minimum atomic E-state index is -1.06. The van der Waals surface area contributed by atoms with Crippen LogP contribution in [0.25, 0.3) is 0 Å². The van der Waals surface area contributed by atoms with Gasteiger partial charge in [-0.2, -0.15) is 5.10 Å². The SMILES string of the molecule is COC(=O)Cn1ncc(NC(C)(C)C(C)(C)O)c(Cl)c1=O. The molecule has 0 aliphatic carbocycles. The Morgan fingerprint density at radius 1 is 1.48 bits per heavy atom. The van der Waals surface area contributed by atoms with Gasteiger partial charge < -0.3 is 15.2 Å². The van der Waals surface area contributed by atoms with Gasteiger partial charge in [-0.05, 0) is 27.7 Å². The first-order valence-electron chi connectivity index (χ1n) is 6.32. The summed E-state index contributed by atoms with van der Waals surface area (Å²) in [7, 11) is 1.22. The third-order valence-corrected chi connectivity index (χ3v) is 3.83. The quantitative estimate of drug-likeness (QED) is 0.788. The van der Waals surface area contributed by atoms with E-state index < -0.39 is 22.7 Å². The molecule has 21 heavy (non-hydrogen) atoms. The van der Waals surface area contributed by atoms with Crippen LogP contribution in [0.15, 0.2) is 11.0 Å². The number of ether oxygens (including phenoxy) is 1. The second-order valence-corrected chi connectivity index (χ2v) is 6.10. The molecule has 0 radical (unpaired) electrons. The summed E-state index contributed by atoms with van der Waals surface area (Å²) >= 11 is 6.01. The summed E-state index contributed by atoms with van der Waals surface area (Å²) < 4.78 is 5.39. The first kappa shape index (κ1) is 17.5. The van der Waals surface area contributed by atoms with E-state index in [2.05, 4.69) is 15.2 Å². The molecule has 8 heteroatoms. The fourth-order valence-corrected chi connectivity index (χ4v) is 1.53. The van der Waals surface area contributed by atoms with E-state index in [1.807, 2.05) is 0 Å². The Morgan fingerprint density at radius 3 is 2.52 bits per heavy atom. The van der Waals surface area contributed by atoms with Gasteiger partial charge in [-0.25, -0.2) is 4.68 Å². The Morgan fingerprint density at radius 2 is 2.05 bits per heavy atom. The Bertz CT molecular complexity index is 590. The van der Waals surface area contributed by atoms with E-state index in [1.165, 1.54) is 13.3 Å². The zero-order valence-electron chi connectivity index (χ0n) is 12.7. The lowest BCUT2D eigenvalue weighted by molar-refractivity contribution is -0.141. The average molecular weight is 318 g/mol. The topological polar surface area (TPSA) is 93.5 Å². The summed E-state index contributed by atoms with van der Waals surface area (Å²) in [6, 6.07) is 0. The second-order valence-electron chi connectivity index (χ2n) is 5.72. The van der Waals surface area contributed by atoms with Gasteiger partial charge in [-0.1, -0.05) is 11.6 Å². The molecule has 7 nitrogen and oxygen atoms in total. The maximum atomic E-state index is 12.0. The van der Waals surface area contributed by atoms with Crippen LogP contribution in [-0.2, 0) is 16.1 Å². The highest BCUT2D eigenvalue weighted by Crippen LogP contribution is 2.27. The molecule has 0 fully saturated rings. The van der Waals surface area contributed by atoms with Gasteiger partial charge in [0.2, 0.25) is 0 Å². The van der Waals surface area contributed by atoms with Crippen molar-refractivity contribution >= 4 is 23.3 Å². The van der Waals surface area contributed by atoms with Crippen molar-refractivity contribution in [2.45, 2.75) is 45.4 Å². The van der Waals surface area contributed by atoms with Gasteiger partial charge in [-0.3, -0.25) is 9.59 Å². The van der Waals surface area contributed by atoms with Gasteiger partial charge >= 0.3 is 5.97 Å². The van der Waals surface area contributed by atoms with Crippen molar-refractivity contribution < 1.29 is 14.6 Å². The molecule has 0 unspecified atom stereocenters. The molecule has 0 aliphatic heterocycles. The Balaban J connectivity index is 3.11. The van der Waals surface area contributed by atoms with Crippen LogP contribution in [0, 0.1) is 0 Å². The molecule has 0 bridgehead atoms. The van der Waals surface area contributed by atoms with Crippen LogP contribution in [-0.4, -0.2) is 39.1 Å². The van der Waals surface area contributed by atoms with Gasteiger partial charge in [0.25, 0.3) is 5.56 Å². The molecule has 0 atom stereocenters.